The zero-order chi connectivity index (χ0) is 29.6. The Balaban J connectivity index is 1.01. The molecule has 4 aromatic rings. The van der Waals surface area contributed by atoms with Crippen molar-refractivity contribution < 1.29 is 14.1 Å². The summed E-state index contributed by atoms with van der Waals surface area (Å²) in [6, 6.07) is 11.8. The predicted molar refractivity (Wildman–Crippen MR) is 164 cm³/mol. The number of carbonyl (C=O) groups is 1. The Labute approximate surface area is 247 Å². The molecule has 1 saturated heterocycles. The number of urea groups is 1. The van der Waals surface area contributed by atoms with Crippen molar-refractivity contribution in [1.29, 1.82) is 0 Å². The van der Waals surface area contributed by atoms with Crippen molar-refractivity contribution in [3.63, 3.8) is 0 Å². The molecule has 0 radical (unpaired) electrons. The van der Waals surface area contributed by atoms with Gasteiger partial charge in [0.2, 0.25) is 0 Å². The van der Waals surface area contributed by atoms with Crippen molar-refractivity contribution in [1.82, 2.24) is 24.3 Å². The van der Waals surface area contributed by atoms with E-state index in [4.69, 9.17) is 14.2 Å². The third-order valence-corrected chi connectivity index (χ3v) is 8.35. The molecule has 1 aliphatic carbocycles. The first-order chi connectivity index (χ1) is 20.0. The number of carbonyl (C=O) groups excluding carboxylic acids is 1. The molecule has 2 N–H and O–H groups in total. The first kappa shape index (κ1) is 28.2. The van der Waals surface area contributed by atoms with Crippen molar-refractivity contribution in [3.8, 4) is 17.0 Å². The number of hydrogen-bond acceptors (Lipinski definition) is 7. The van der Waals surface area contributed by atoms with Crippen LogP contribution >= 0.6 is 0 Å². The minimum absolute atomic E-state index is 0.186. The first-order valence-electron chi connectivity index (χ1n) is 14.7. The highest BCUT2D eigenvalue weighted by Gasteiger charge is 2.56. The molecule has 0 bridgehead atoms. The number of nitrogens with zero attached hydrogens (tertiary/aromatic N) is 5. The number of rotatable bonds is 9. The number of amides is 2. The number of aryl methyl sites for hydroxylation is 1. The average molecular weight is 572 g/mol. The quantitative estimate of drug-likeness (QED) is 0.256. The van der Waals surface area contributed by atoms with Gasteiger partial charge in [0.1, 0.15) is 17.2 Å². The molecule has 3 aromatic heterocycles. The normalized spacial score (nSPS) is 20.2. The van der Waals surface area contributed by atoms with E-state index in [0.717, 1.165) is 59.1 Å². The highest BCUT2D eigenvalue weighted by atomic mass is 16.5. The summed E-state index contributed by atoms with van der Waals surface area (Å²) in [5.74, 6) is 3.66. The van der Waals surface area contributed by atoms with Crippen molar-refractivity contribution in [2.75, 3.05) is 51.0 Å². The average Bonchev–Trinajstić information content (AvgIpc) is 3.35. The van der Waals surface area contributed by atoms with Gasteiger partial charge in [-0.25, -0.2) is 9.78 Å². The number of imidazole rings is 1. The number of piperidine rings is 1. The summed E-state index contributed by atoms with van der Waals surface area (Å²) in [7, 11) is 4.40. The molecular formula is C32H41N7O3. The van der Waals surface area contributed by atoms with Crippen LogP contribution in [0.2, 0.25) is 0 Å². The smallest absolute Gasteiger partial charge is 0.324 e. The van der Waals surface area contributed by atoms with Crippen LogP contribution in [-0.4, -0.2) is 76.8 Å². The van der Waals surface area contributed by atoms with Crippen molar-refractivity contribution in [3.05, 3.63) is 60.1 Å². The molecule has 2 unspecified atom stereocenters. The molecule has 6 rings (SSSR count). The summed E-state index contributed by atoms with van der Waals surface area (Å²) in [4.78, 5) is 22.3. The van der Waals surface area contributed by atoms with Gasteiger partial charge >= 0.3 is 6.03 Å². The van der Waals surface area contributed by atoms with Crippen molar-refractivity contribution >= 4 is 23.2 Å². The van der Waals surface area contributed by atoms with Gasteiger partial charge < -0.3 is 28.8 Å². The first-order valence-corrected chi connectivity index (χ1v) is 14.7. The Morgan fingerprint density at radius 1 is 1.10 bits per heavy atom. The molecule has 2 amide bonds. The number of anilines is 2. The van der Waals surface area contributed by atoms with Gasteiger partial charge in [-0.15, -0.1) is 0 Å². The van der Waals surface area contributed by atoms with Crippen LogP contribution in [0.4, 0.5) is 16.3 Å². The fraction of sp³-hybridized carbons (Fsp3) is 0.469. The van der Waals surface area contributed by atoms with Gasteiger partial charge in [0, 0.05) is 54.6 Å². The second-order valence-electron chi connectivity index (χ2n) is 12.9. The summed E-state index contributed by atoms with van der Waals surface area (Å²) in [5.41, 5.74) is 4.24. The van der Waals surface area contributed by atoms with E-state index in [-0.39, 0.29) is 11.4 Å². The summed E-state index contributed by atoms with van der Waals surface area (Å²) >= 11 is 0. The number of aromatic nitrogens is 3. The maximum atomic E-state index is 12.5. The summed E-state index contributed by atoms with van der Waals surface area (Å²) in [6.07, 6.45) is 5.04. The molecule has 1 aromatic carbocycles. The predicted octanol–water partition coefficient (Wildman–Crippen LogP) is 5.50. The maximum absolute atomic E-state index is 12.5. The minimum Gasteiger partial charge on any atom is -0.492 e. The van der Waals surface area contributed by atoms with E-state index >= 15 is 0 Å². The lowest BCUT2D eigenvalue weighted by atomic mass is 9.93. The Bertz CT molecular complexity index is 1560. The summed E-state index contributed by atoms with van der Waals surface area (Å²) < 4.78 is 13.5. The van der Waals surface area contributed by atoms with Crippen LogP contribution < -0.4 is 15.4 Å². The Morgan fingerprint density at radius 3 is 2.50 bits per heavy atom. The number of pyridine rings is 1. The van der Waals surface area contributed by atoms with Crippen molar-refractivity contribution in [2.45, 2.75) is 45.6 Å². The molecule has 0 spiro atoms. The fourth-order valence-corrected chi connectivity index (χ4v) is 6.15. The van der Waals surface area contributed by atoms with E-state index in [1.807, 2.05) is 61.8 Å². The van der Waals surface area contributed by atoms with Gasteiger partial charge in [-0.05, 0) is 63.0 Å². The van der Waals surface area contributed by atoms with Crippen LogP contribution in [0.1, 0.15) is 38.5 Å². The number of fused-ring (bicyclic) bond motifs is 2. The monoisotopic (exact) mass is 571 g/mol. The molecule has 42 heavy (non-hydrogen) atoms. The van der Waals surface area contributed by atoms with E-state index < -0.39 is 0 Å². The standard InChI is InChI=1S/C32H41N7O3/c1-20-14-23(41-13-7-12-38-17-24-25(18-38)29(24)37(5)6)16-39-19-26(34-30(20)39)21-8-10-22(11-9-21)33-31(40)35-28-15-27(42-36-28)32(2,3)4/h8-11,14-16,19,24-25,29H,7,12-13,17-18H2,1-6H3,(H2,33,35,36,40)/t24-,25?,29?/m1/s1. The van der Waals surface area contributed by atoms with E-state index in [2.05, 4.69) is 52.7 Å². The highest BCUT2D eigenvalue weighted by Crippen LogP contribution is 2.47. The van der Waals surface area contributed by atoms with Crippen LogP contribution in [0.25, 0.3) is 16.9 Å². The SMILES string of the molecule is Cc1cc(OCCCN2CC3C(N(C)C)[C@@H]3C2)cn2cc(-c3ccc(NC(=O)Nc4cc(C(C)(C)C)on4)cc3)nc12. The van der Waals surface area contributed by atoms with Gasteiger partial charge in [-0.1, -0.05) is 38.1 Å². The lowest BCUT2D eigenvalue weighted by molar-refractivity contribution is 0.224. The third kappa shape index (κ3) is 6.00. The number of nitrogens with one attached hydrogen (secondary N) is 2. The molecular weight excluding hydrogens is 530 g/mol. The van der Waals surface area contributed by atoms with E-state index in [1.165, 1.54) is 13.1 Å². The Hall–Kier alpha value is -3.89. The highest BCUT2D eigenvalue weighted by molar-refractivity contribution is 5.99. The molecule has 4 heterocycles. The molecule has 1 aliphatic heterocycles. The molecule has 10 nitrogen and oxygen atoms in total. The topological polar surface area (TPSA) is 100 Å². The molecule has 2 aliphatic rings. The van der Waals surface area contributed by atoms with Crippen LogP contribution in [-0.2, 0) is 5.41 Å². The minimum atomic E-state index is -0.387. The largest absolute Gasteiger partial charge is 0.492 e. The van der Waals surface area contributed by atoms with Gasteiger partial charge in [0.15, 0.2) is 5.82 Å². The third-order valence-electron chi connectivity index (χ3n) is 8.35. The van der Waals surface area contributed by atoms with Gasteiger partial charge in [-0.2, -0.15) is 0 Å². The zero-order valence-corrected chi connectivity index (χ0v) is 25.3. The second-order valence-corrected chi connectivity index (χ2v) is 12.9. The van der Waals surface area contributed by atoms with Gasteiger partial charge in [0.05, 0.1) is 18.5 Å². The zero-order valence-electron chi connectivity index (χ0n) is 25.3. The maximum Gasteiger partial charge on any atom is 0.324 e. The Morgan fingerprint density at radius 2 is 1.83 bits per heavy atom. The van der Waals surface area contributed by atoms with E-state index in [1.54, 1.807) is 6.07 Å². The number of benzene rings is 1. The molecule has 3 atom stereocenters. The Kier molecular flexibility index (Phi) is 7.44. The van der Waals surface area contributed by atoms with Crippen LogP contribution in [0.5, 0.6) is 5.75 Å². The number of ether oxygens (including phenoxy) is 1. The molecule has 222 valence electrons. The second kappa shape index (κ2) is 11.1. The van der Waals surface area contributed by atoms with Crippen LogP contribution in [0.15, 0.2) is 53.3 Å². The molecule has 1 saturated carbocycles. The molecule has 10 heteroatoms. The van der Waals surface area contributed by atoms with E-state index in [0.29, 0.717) is 23.9 Å². The summed E-state index contributed by atoms with van der Waals surface area (Å²) in [5, 5.41) is 9.48. The van der Waals surface area contributed by atoms with Gasteiger partial charge in [-0.3, -0.25) is 5.32 Å². The van der Waals surface area contributed by atoms with Gasteiger partial charge in [0.25, 0.3) is 0 Å². The number of hydrogen-bond donors (Lipinski definition) is 2. The van der Waals surface area contributed by atoms with Crippen molar-refractivity contribution in [2.24, 2.45) is 11.8 Å². The van der Waals surface area contributed by atoms with Crippen LogP contribution in [0.3, 0.4) is 0 Å². The number of likely N-dealkylation sites (tertiary alicyclic amines) is 1. The lowest BCUT2D eigenvalue weighted by Crippen LogP contribution is -2.31. The summed E-state index contributed by atoms with van der Waals surface area (Å²) in [6.45, 7) is 12.4. The van der Waals surface area contributed by atoms with Crippen LogP contribution in [0, 0.1) is 18.8 Å². The molecule has 2 fully saturated rings. The van der Waals surface area contributed by atoms with E-state index in [9.17, 15) is 4.79 Å². The fourth-order valence-electron chi connectivity index (χ4n) is 6.15. The lowest BCUT2D eigenvalue weighted by Gasteiger charge is -2.21.